The Bertz CT molecular complexity index is 927. The fraction of sp³-hybridized carbons (Fsp3) is 0.615. The minimum atomic E-state index is 0.149. The molecule has 2 heterocycles. The van der Waals surface area contributed by atoms with Crippen molar-refractivity contribution in [3.8, 4) is 0 Å². The Kier molecular flexibility index (Phi) is 3.60. The molecule has 3 heteroatoms. The van der Waals surface area contributed by atoms with Gasteiger partial charge in [0.25, 0.3) is 0 Å². The highest BCUT2D eigenvalue weighted by Gasteiger charge is 2.65. The number of rotatable bonds is 1. The van der Waals surface area contributed by atoms with Gasteiger partial charge in [0.2, 0.25) is 5.91 Å². The smallest absolute Gasteiger partial charge is 0.243 e. The molecule has 3 saturated carbocycles. The van der Waals surface area contributed by atoms with Gasteiger partial charge in [0, 0.05) is 25.0 Å². The summed E-state index contributed by atoms with van der Waals surface area (Å²) in [5, 5.41) is 3.14. The van der Waals surface area contributed by atoms with Gasteiger partial charge in [0.15, 0.2) is 0 Å². The molecular formula is C26H32N2O. The number of allylic oxidation sites excluding steroid dienone is 3. The van der Waals surface area contributed by atoms with Crippen LogP contribution in [0.4, 0.5) is 0 Å². The zero-order chi connectivity index (χ0) is 19.9. The SMILES string of the molecule is C[C@]12CCNC(=O)C=C1C1(CC1)CC1C2CC[C@]2(C)C(c3cccnc3)=CCC12. The van der Waals surface area contributed by atoms with Crippen LogP contribution >= 0.6 is 0 Å². The summed E-state index contributed by atoms with van der Waals surface area (Å²) in [6, 6.07) is 4.32. The molecule has 0 radical (unpaired) electrons. The fourth-order valence-corrected chi connectivity index (χ4v) is 8.16. The van der Waals surface area contributed by atoms with Gasteiger partial charge in [-0.05, 0) is 96.1 Å². The van der Waals surface area contributed by atoms with E-state index >= 15 is 0 Å². The van der Waals surface area contributed by atoms with Crippen molar-refractivity contribution in [3.63, 3.8) is 0 Å². The number of carbonyl (C=O) groups is 1. The van der Waals surface area contributed by atoms with Crippen LogP contribution in [0.25, 0.3) is 5.57 Å². The van der Waals surface area contributed by atoms with E-state index in [0.29, 0.717) is 11.3 Å². The normalized spacial score (nSPS) is 42.0. The lowest BCUT2D eigenvalue weighted by Gasteiger charge is -2.59. The summed E-state index contributed by atoms with van der Waals surface area (Å²) in [5.74, 6) is 2.37. The van der Waals surface area contributed by atoms with Gasteiger partial charge in [0.05, 0.1) is 0 Å². The number of fused-ring (bicyclic) bond motifs is 6. The van der Waals surface area contributed by atoms with E-state index in [2.05, 4.69) is 48.6 Å². The molecule has 1 amide bonds. The molecule has 3 nitrogen and oxygen atoms in total. The van der Waals surface area contributed by atoms with Crippen LogP contribution in [0.15, 0.2) is 42.3 Å². The standard InChI is InChI=1S/C26H32N2O/c1-24-8-7-21-18(20(24)6-5-19(24)17-4-3-12-27-16-17)15-26(9-10-26)22-14-23(29)28-13-11-25(21,22)2/h3-5,12,14,16,18,20-21H,6-11,13,15H2,1-2H3,(H,28,29)/t18?,20?,21?,24-,25-/m1/s1. The van der Waals surface area contributed by atoms with Crippen molar-refractivity contribution >= 4 is 11.5 Å². The second-order valence-corrected chi connectivity index (χ2v) is 10.9. The first kappa shape index (κ1) is 17.9. The first-order valence-corrected chi connectivity index (χ1v) is 11.6. The van der Waals surface area contributed by atoms with Gasteiger partial charge in [0.1, 0.15) is 0 Å². The van der Waals surface area contributed by atoms with Crippen molar-refractivity contribution in [1.82, 2.24) is 10.3 Å². The zero-order valence-corrected chi connectivity index (χ0v) is 17.7. The van der Waals surface area contributed by atoms with E-state index in [-0.39, 0.29) is 16.7 Å². The first-order valence-electron chi connectivity index (χ1n) is 11.6. The molecule has 5 aliphatic rings. The minimum absolute atomic E-state index is 0.149. The average Bonchev–Trinajstić information content (AvgIpc) is 3.41. The van der Waals surface area contributed by atoms with Gasteiger partial charge in [-0.3, -0.25) is 9.78 Å². The number of pyridine rings is 1. The van der Waals surface area contributed by atoms with E-state index in [1.807, 2.05) is 12.3 Å². The van der Waals surface area contributed by atoms with Crippen LogP contribution in [0.5, 0.6) is 0 Å². The van der Waals surface area contributed by atoms with E-state index in [4.69, 9.17) is 0 Å². The van der Waals surface area contributed by atoms with E-state index in [1.165, 1.54) is 49.7 Å². The lowest BCUT2D eigenvalue weighted by molar-refractivity contribution is -0.116. The van der Waals surface area contributed by atoms with Crippen LogP contribution < -0.4 is 5.32 Å². The second kappa shape index (κ2) is 5.83. The number of nitrogens with one attached hydrogen (secondary N) is 1. The third kappa shape index (κ3) is 2.36. The maximum absolute atomic E-state index is 12.4. The summed E-state index contributed by atoms with van der Waals surface area (Å²) in [6.45, 7) is 5.87. The molecule has 3 unspecified atom stereocenters. The Hall–Kier alpha value is -1.90. The molecule has 152 valence electrons. The van der Waals surface area contributed by atoms with E-state index < -0.39 is 0 Å². The molecule has 1 N–H and O–H groups in total. The topological polar surface area (TPSA) is 42.0 Å². The highest BCUT2D eigenvalue weighted by molar-refractivity contribution is 5.89. The quantitative estimate of drug-likeness (QED) is 0.722. The highest BCUT2D eigenvalue weighted by Crippen LogP contribution is 2.74. The third-order valence-electron chi connectivity index (χ3n) is 9.69. The van der Waals surface area contributed by atoms with E-state index in [0.717, 1.165) is 24.8 Å². The van der Waals surface area contributed by atoms with E-state index in [1.54, 1.807) is 5.57 Å². The predicted molar refractivity (Wildman–Crippen MR) is 115 cm³/mol. The van der Waals surface area contributed by atoms with Crippen molar-refractivity contribution < 1.29 is 4.79 Å². The summed E-state index contributed by atoms with van der Waals surface area (Å²) in [7, 11) is 0. The molecule has 1 spiro atoms. The monoisotopic (exact) mass is 388 g/mol. The lowest BCUT2D eigenvalue weighted by atomic mass is 9.45. The summed E-state index contributed by atoms with van der Waals surface area (Å²) in [5.41, 5.74) is 5.18. The van der Waals surface area contributed by atoms with Crippen molar-refractivity contribution in [3.05, 3.63) is 47.8 Å². The van der Waals surface area contributed by atoms with Gasteiger partial charge in [-0.1, -0.05) is 31.6 Å². The Morgan fingerprint density at radius 2 is 1.97 bits per heavy atom. The van der Waals surface area contributed by atoms with Crippen molar-refractivity contribution in [1.29, 1.82) is 0 Å². The second-order valence-electron chi connectivity index (χ2n) is 10.9. The number of hydrogen-bond acceptors (Lipinski definition) is 2. The minimum Gasteiger partial charge on any atom is -0.353 e. The molecule has 0 aromatic carbocycles. The molecule has 29 heavy (non-hydrogen) atoms. The van der Waals surface area contributed by atoms with E-state index in [9.17, 15) is 4.79 Å². The molecule has 0 saturated heterocycles. The molecule has 6 rings (SSSR count). The van der Waals surface area contributed by atoms with Crippen LogP contribution in [0.1, 0.15) is 64.4 Å². The molecule has 5 atom stereocenters. The van der Waals surface area contributed by atoms with Crippen molar-refractivity contribution in [2.45, 2.75) is 58.8 Å². The van der Waals surface area contributed by atoms with Crippen LogP contribution in [-0.4, -0.2) is 17.4 Å². The molecular weight excluding hydrogens is 356 g/mol. The molecule has 1 aromatic rings. The van der Waals surface area contributed by atoms with Crippen LogP contribution in [-0.2, 0) is 4.79 Å². The number of amides is 1. The number of carbonyl (C=O) groups excluding carboxylic acids is 1. The van der Waals surface area contributed by atoms with Gasteiger partial charge in [-0.15, -0.1) is 0 Å². The third-order valence-corrected chi connectivity index (χ3v) is 9.69. The molecule has 0 bridgehead atoms. The van der Waals surface area contributed by atoms with Crippen molar-refractivity contribution in [2.24, 2.45) is 34.0 Å². The Morgan fingerprint density at radius 1 is 1.10 bits per heavy atom. The largest absolute Gasteiger partial charge is 0.353 e. The lowest BCUT2D eigenvalue weighted by Crippen LogP contribution is -2.51. The van der Waals surface area contributed by atoms with Gasteiger partial charge < -0.3 is 5.32 Å². The number of aromatic nitrogens is 1. The van der Waals surface area contributed by atoms with Gasteiger partial charge in [-0.2, -0.15) is 0 Å². The fourth-order valence-electron chi connectivity index (χ4n) is 8.16. The molecule has 1 aromatic heterocycles. The summed E-state index contributed by atoms with van der Waals surface area (Å²) >= 11 is 0. The van der Waals surface area contributed by atoms with Gasteiger partial charge >= 0.3 is 0 Å². The summed E-state index contributed by atoms with van der Waals surface area (Å²) in [6.07, 6.45) is 17.3. The number of nitrogens with zero attached hydrogens (tertiary/aromatic N) is 1. The average molecular weight is 389 g/mol. The van der Waals surface area contributed by atoms with Crippen LogP contribution in [0.3, 0.4) is 0 Å². The summed E-state index contributed by atoms with van der Waals surface area (Å²) in [4.78, 5) is 16.8. The Balaban J connectivity index is 1.40. The van der Waals surface area contributed by atoms with Crippen LogP contribution in [0.2, 0.25) is 0 Å². The highest BCUT2D eigenvalue weighted by atomic mass is 16.1. The maximum Gasteiger partial charge on any atom is 0.243 e. The molecule has 4 aliphatic carbocycles. The van der Waals surface area contributed by atoms with Gasteiger partial charge in [-0.25, -0.2) is 0 Å². The van der Waals surface area contributed by atoms with Crippen LogP contribution in [0, 0.1) is 34.0 Å². The Morgan fingerprint density at radius 3 is 2.72 bits per heavy atom. The Labute approximate surface area is 174 Å². The van der Waals surface area contributed by atoms with Crippen molar-refractivity contribution in [2.75, 3.05) is 6.54 Å². The molecule has 1 aliphatic heterocycles. The maximum atomic E-state index is 12.4. The zero-order valence-electron chi connectivity index (χ0n) is 17.7. The molecule has 3 fully saturated rings. The first-order chi connectivity index (χ1) is 14.0. The number of hydrogen-bond donors (Lipinski definition) is 1. The predicted octanol–water partition coefficient (Wildman–Crippen LogP) is 5.15. The summed E-state index contributed by atoms with van der Waals surface area (Å²) < 4.78 is 0.